The molecule has 108 valence electrons. The predicted octanol–water partition coefficient (Wildman–Crippen LogP) is 2.99. The number of ether oxygens (including phenoxy) is 1. The Hall–Kier alpha value is -2.27. The van der Waals surface area contributed by atoms with E-state index in [1.807, 2.05) is 0 Å². The normalized spacial score (nSPS) is 13.8. The molecule has 6 heteroatoms. The molecular weight excluding hydrogens is 295 g/mol. The van der Waals surface area contributed by atoms with E-state index in [2.05, 4.69) is 0 Å². The molecule has 0 aliphatic carbocycles. The van der Waals surface area contributed by atoms with E-state index >= 15 is 0 Å². The number of anilines is 2. The first-order valence-corrected chi connectivity index (χ1v) is 6.69. The van der Waals surface area contributed by atoms with Crippen molar-refractivity contribution in [1.82, 2.24) is 0 Å². The van der Waals surface area contributed by atoms with E-state index in [1.54, 1.807) is 24.3 Å². The number of carbonyl (C=O) groups excluding carboxylic acids is 1. The zero-order chi connectivity index (χ0) is 15.0. The Balaban J connectivity index is 2.03. The van der Waals surface area contributed by atoms with Crippen LogP contribution in [0, 0.1) is 5.82 Å². The zero-order valence-electron chi connectivity index (χ0n) is 11.0. The summed E-state index contributed by atoms with van der Waals surface area (Å²) in [4.78, 5) is 13.5. The number of benzene rings is 2. The smallest absolute Gasteiger partial charge is 0.265 e. The Morgan fingerprint density at radius 3 is 2.90 bits per heavy atom. The van der Waals surface area contributed by atoms with E-state index in [0.717, 1.165) is 0 Å². The molecule has 0 aromatic heterocycles. The van der Waals surface area contributed by atoms with Gasteiger partial charge in [0, 0.05) is 16.3 Å². The van der Waals surface area contributed by atoms with Crippen LogP contribution in [0.15, 0.2) is 36.4 Å². The van der Waals surface area contributed by atoms with E-state index in [1.165, 1.54) is 17.0 Å². The standard InChI is InChI=1S/C15H12ClFN2O2/c16-9-4-5-14-13(6-9)19(15(20)8-21-14)7-10-11(17)2-1-3-12(10)18/h1-6H,7-8,18H2. The second-order valence-electron chi connectivity index (χ2n) is 4.69. The molecule has 0 bridgehead atoms. The van der Waals surface area contributed by atoms with E-state index in [0.29, 0.717) is 22.1 Å². The largest absolute Gasteiger partial charge is 0.482 e. The Kier molecular flexibility index (Phi) is 3.43. The van der Waals surface area contributed by atoms with Gasteiger partial charge in [-0.25, -0.2) is 4.39 Å². The van der Waals surface area contributed by atoms with Crippen LogP contribution in [0.3, 0.4) is 0 Å². The van der Waals surface area contributed by atoms with Crippen LogP contribution in [-0.4, -0.2) is 12.5 Å². The van der Waals surface area contributed by atoms with Crippen molar-refractivity contribution < 1.29 is 13.9 Å². The molecular formula is C15H12ClFN2O2. The summed E-state index contributed by atoms with van der Waals surface area (Å²) >= 11 is 5.96. The molecule has 0 radical (unpaired) electrons. The average Bonchev–Trinajstić information content (AvgIpc) is 2.45. The number of amides is 1. The minimum atomic E-state index is -0.446. The summed E-state index contributed by atoms with van der Waals surface area (Å²) in [6, 6.07) is 9.41. The number of hydrogen-bond acceptors (Lipinski definition) is 3. The fraction of sp³-hybridized carbons (Fsp3) is 0.133. The Labute approximate surface area is 125 Å². The topological polar surface area (TPSA) is 55.6 Å². The van der Waals surface area contributed by atoms with Crippen molar-refractivity contribution in [3.05, 3.63) is 52.8 Å². The number of fused-ring (bicyclic) bond motifs is 1. The SMILES string of the molecule is Nc1cccc(F)c1CN1C(=O)COc2ccc(Cl)cc21. The van der Waals surface area contributed by atoms with Gasteiger partial charge in [0.1, 0.15) is 11.6 Å². The average molecular weight is 307 g/mol. The van der Waals surface area contributed by atoms with Crippen molar-refractivity contribution >= 4 is 28.9 Å². The third kappa shape index (κ3) is 2.52. The van der Waals surface area contributed by atoms with Crippen molar-refractivity contribution in [2.75, 3.05) is 17.2 Å². The van der Waals surface area contributed by atoms with Gasteiger partial charge in [-0.05, 0) is 30.3 Å². The minimum absolute atomic E-state index is 0.0358. The summed E-state index contributed by atoms with van der Waals surface area (Å²) in [5.41, 5.74) is 6.89. The van der Waals surface area contributed by atoms with Gasteiger partial charge in [-0.1, -0.05) is 17.7 Å². The molecule has 21 heavy (non-hydrogen) atoms. The lowest BCUT2D eigenvalue weighted by atomic mass is 10.1. The number of halogens is 2. The second-order valence-corrected chi connectivity index (χ2v) is 5.12. The highest BCUT2D eigenvalue weighted by Crippen LogP contribution is 2.36. The Bertz CT molecular complexity index is 701. The van der Waals surface area contributed by atoms with Gasteiger partial charge in [0.05, 0.1) is 12.2 Å². The third-order valence-corrected chi connectivity index (χ3v) is 3.57. The van der Waals surface area contributed by atoms with E-state index in [-0.39, 0.29) is 24.6 Å². The highest BCUT2D eigenvalue weighted by atomic mass is 35.5. The van der Waals surface area contributed by atoms with Crippen LogP contribution < -0.4 is 15.4 Å². The molecule has 0 spiro atoms. The van der Waals surface area contributed by atoms with Crippen LogP contribution in [0.1, 0.15) is 5.56 Å². The third-order valence-electron chi connectivity index (χ3n) is 3.34. The fourth-order valence-corrected chi connectivity index (χ4v) is 2.42. The van der Waals surface area contributed by atoms with Crippen LogP contribution in [0.4, 0.5) is 15.8 Å². The highest BCUT2D eigenvalue weighted by Gasteiger charge is 2.27. The van der Waals surface area contributed by atoms with Crippen molar-refractivity contribution in [2.24, 2.45) is 0 Å². The summed E-state index contributed by atoms with van der Waals surface area (Å²) in [5.74, 6) is -0.181. The van der Waals surface area contributed by atoms with Crippen LogP contribution in [0.2, 0.25) is 5.02 Å². The molecule has 0 atom stereocenters. The number of hydrogen-bond donors (Lipinski definition) is 1. The lowest BCUT2D eigenvalue weighted by molar-refractivity contribution is -0.121. The maximum atomic E-state index is 13.9. The summed E-state index contributed by atoms with van der Waals surface area (Å²) in [6.45, 7) is -0.0585. The molecule has 2 N–H and O–H groups in total. The van der Waals surface area contributed by atoms with Crippen molar-refractivity contribution in [1.29, 1.82) is 0 Å². The van der Waals surface area contributed by atoms with Gasteiger partial charge in [0.25, 0.3) is 5.91 Å². The first kappa shape index (κ1) is 13.7. The molecule has 0 unspecified atom stereocenters. The highest BCUT2D eigenvalue weighted by molar-refractivity contribution is 6.31. The van der Waals surface area contributed by atoms with Crippen LogP contribution in [0.5, 0.6) is 5.75 Å². The van der Waals surface area contributed by atoms with Gasteiger partial charge in [-0.2, -0.15) is 0 Å². The molecule has 1 aliphatic rings. The maximum Gasteiger partial charge on any atom is 0.265 e. The fourth-order valence-electron chi connectivity index (χ4n) is 2.25. The van der Waals surface area contributed by atoms with E-state index in [4.69, 9.17) is 22.1 Å². The maximum absolute atomic E-state index is 13.9. The van der Waals surface area contributed by atoms with Gasteiger partial charge < -0.3 is 15.4 Å². The first-order chi connectivity index (χ1) is 10.1. The molecule has 1 amide bonds. The van der Waals surface area contributed by atoms with Crippen molar-refractivity contribution in [3.63, 3.8) is 0 Å². The van der Waals surface area contributed by atoms with Crippen LogP contribution in [-0.2, 0) is 11.3 Å². The van der Waals surface area contributed by atoms with Gasteiger partial charge in [0.15, 0.2) is 6.61 Å². The van der Waals surface area contributed by atoms with E-state index in [9.17, 15) is 9.18 Å². The summed E-state index contributed by atoms with van der Waals surface area (Å²) in [5, 5.41) is 0.471. The molecule has 4 nitrogen and oxygen atoms in total. The number of nitrogens with zero attached hydrogens (tertiary/aromatic N) is 1. The van der Waals surface area contributed by atoms with Crippen LogP contribution >= 0.6 is 11.6 Å². The van der Waals surface area contributed by atoms with E-state index < -0.39 is 5.82 Å². The van der Waals surface area contributed by atoms with Crippen molar-refractivity contribution in [3.8, 4) is 5.75 Å². The van der Waals surface area contributed by atoms with Gasteiger partial charge in [-0.3, -0.25) is 4.79 Å². The molecule has 2 aromatic carbocycles. The minimum Gasteiger partial charge on any atom is -0.482 e. The quantitative estimate of drug-likeness (QED) is 0.868. The lowest BCUT2D eigenvalue weighted by Crippen LogP contribution is -2.38. The van der Waals surface area contributed by atoms with Gasteiger partial charge in [-0.15, -0.1) is 0 Å². The monoisotopic (exact) mass is 306 g/mol. The zero-order valence-corrected chi connectivity index (χ0v) is 11.7. The number of nitrogens with two attached hydrogens (primary N) is 1. The number of carbonyl (C=O) groups is 1. The van der Waals surface area contributed by atoms with Gasteiger partial charge in [0.2, 0.25) is 0 Å². The Morgan fingerprint density at radius 1 is 1.33 bits per heavy atom. The summed E-state index contributed by atoms with van der Waals surface area (Å²) in [7, 11) is 0. The van der Waals surface area contributed by atoms with Crippen molar-refractivity contribution in [2.45, 2.75) is 6.54 Å². The lowest BCUT2D eigenvalue weighted by Gasteiger charge is -2.30. The van der Waals surface area contributed by atoms with Crippen LogP contribution in [0.25, 0.3) is 0 Å². The molecule has 3 rings (SSSR count). The summed E-state index contributed by atoms with van der Waals surface area (Å²) in [6.07, 6.45) is 0. The van der Waals surface area contributed by atoms with Gasteiger partial charge >= 0.3 is 0 Å². The Morgan fingerprint density at radius 2 is 2.14 bits per heavy atom. The first-order valence-electron chi connectivity index (χ1n) is 6.32. The number of nitrogen functional groups attached to an aromatic ring is 1. The number of rotatable bonds is 2. The molecule has 1 heterocycles. The molecule has 2 aromatic rings. The molecule has 0 saturated heterocycles. The second kappa shape index (κ2) is 5.26. The predicted molar refractivity (Wildman–Crippen MR) is 78.9 cm³/mol. The molecule has 0 saturated carbocycles. The molecule has 1 aliphatic heterocycles. The summed E-state index contributed by atoms with van der Waals surface area (Å²) < 4.78 is 19.3. The molecule has 0 fully saturated rings.